The van der Waals surface area contributed by atoms with Crippen LogP contribution in [0.2, 0.25) is 0 Å². The zero-order valence-electron chi connectivity index (χ0n) is 21.8. The van der Waals surface area contributed by atoms with E-state index in [1.54, 1.807) is 25.4 Å². The van der Waals surface area contributed by atoms with E-state index in [9.17, 15) is 14.4 Å². The Kier molecular flexibility index (Phi) is 6.56. The van der Waals surface area contributed by atoms with E-state index in [1.807, 2.05) is 30.3 Å². The van der Waals surface area contributed by atoms with Gasteiger partial charge >= 0.3 is 0 Å². The van der Waals surface area contributed by atoms with E-state index >= 15 is 0 Å². The van der Waals surface area contributed by atoms with Gasteiger partial charge in [0.2, 0.25) is 11.8 Å². The third kappa shape index (κ3) is 4.65. The molecule has 6 rings (SSSR count). The number of carbonyl (C=O) groups excluding carboxylic acids is 3. The van der Waals surface area contributed by atoms with Crippen molar-refractivity contribution in [3.63, 3.8) is 0 Å². The molecule has 39 heavy (non-hydrogen) atoms. The summed E-state index contributed by atoms with van der Waals surface area (Å²) < 4.78 is 12.6. The number of anilines is 2. The lowest BCUT2D eigenvalue weighted by Crippen LogP contribution is -2.44. The fourth-order valence-corrected chi connectivity index (χ4v) is 5.88. The highest BCUT2D eigenvalue weighted by molar-refractivity contribution is 6.07. The van der Waals surface area contributed by atoms with Crippen molar-refractivity contribution in [3.05, 3.63) is 71.0 Å². The van der Waals surface area contributed by atoms with Crippen LogP contribution < -0.4 is 20.7 Å². The summed E-state index contributed by atoms with van der Waals surface area (Å²) in [6, 6.07) is 12.3. The van der Waals surface area contributed by atoms with Crippen LogP contribution in [0.4, 0.5) is 11.4 Å². The first-order valence-corrected chi connectivity index (χ1v) is 13.3. The Morgan fingerprint density at radius 3 is 2.79 bits per heavy atom. The van der Waals surface area contributed by atoms with Crippen LogP contribution in [-0.2, 0) is 39.6 Å². The van der Waals surface area contributed by atoms with E-state index in [1.165, 1.54) is 4.68 Å². The largest absolute Gasteiger partial charge is 0.493 e. The molecule has 0 bridgehead atoms. The van der Waals surface area contributed by atoms with Crippen molar-refractivity contribution in [1.82, 2.24) is 15.1 Å². The molecule has 1 unspecified atom stereocenters. The lowest BCUT2D eigenvalue weighted by atomic mass is 9.75. The predicted molar refractivity (Wildman–Crippen MR) is 144 cm³/mol. The Morgan fingerprint density at radius 2 is 2.00 bits per heavy atom. The molecule has 202 valence electrons. The molecule has 0 aliphatic carbocycles. The van der Waals surface area contributed by atoms with Gasteiger partial charge in [-0.05, 0) is 61.1 Å². The molecule has 1 saturated heterocycles. The van der Waals surface area contributed by atoms with Crippen LogP contribution in [0.5, 0.6) is 5.75 Å². The smallest absolute Gasteiger partial charge is 0.270 e. The number of aryl methyl sites for hydroxylation is 2. The highest BCUT2D eigenvalue weighted by Gasteiger charge is 2.47. The minimum atomic E-state index is -0.796. The van der Waals surface area contributed by atoms with E-state index in [2.05, 4.69) is 21.0 Å². The number of nitrogens with one attached hydrogen (secondary N) is 3. The molecule has 3 aliphatic heterocycles. The second-order valence-corrected chi connectivity index (χ2v) is 10.3. The number of aromatic nitrogens is 2. The molecule has 4 heterocycles. The fourth-order valence-electron chi connectivity index (χ4n) is 5.88. The minimum absolute atomic E-state index is 0.0232. The van der Waals surface area contributed by atoms with E-state index in [4.69, 9.17) is 9.47 Å². The molecule has 1 aromatic heterocycles. The average molecular weight is 530 g/mol. The topological polar surface area (TPSA) is 124 Å². The van der Waals surface area contributed by atoms with Gasteiger partial charge in [-0.3, -0.25) is 19.1 Å². The highest BCUT2D eigenvalue weighted by atomic mass is 16.5. The Morgan fingerprint density at radius 1 is 1.15 bits per heavy atom. The fraction of sp³-hybridized carbons (Fsp3) is 0.379. The summed E-state index contributed by atoms with van der Waals surface area (Å²) in [6.45, 7) is 1.73. The molecule has 2 aromatic carbocycles. The van der Waals surface area contributed by atoms with Crippen LogP contribution in [-0.4, -0.2) is 53.4 Å². The van der Waals surface area contributed by atoms with Crippen molar-refractivity contribution in [3.8, 4) is 5.75 Å². The van der Waals surface area contributed by atoms with Crippen LogP contribution in [0, 0.1) is 0 Å². The molecule has 3 aromatic rings. The Labute approximate surface area is 226 Å². The number of hydrogen-bond acceptors (Lipinski definition) is 6. The molecule has 3 amide bonds. The molecule has 3 aliphatic rings. The maximum Gasteiger partial charge on any atom is 0.270 e. The monoisotopic (exact) mass is 529 g/mol. The van der Waals surface area contributed by atoms with E-state index in [0.717, 1.165) is 28.9 Å². The molecule has 1 spiro atoms. The number of carbonyl (C=O) groups is 3. The molecule has 0 radical (unpaired) electrons. The van der Waals surface area contributed by atoms with Crippen LogP contribution in [0.1, 0.15) is 46.4 Å². The Hall–Kier alpha value is -4.18. The zero-order valence-corrected chi connectivity index (χ0v) is 21.8. The zero-order chi connectivity index (χ0) is 27.0. The third-order valence-corrected chi connectivity index (χ3v) is 8.05. The second-order valence-electron chi connectivity index (χ2n) is 10.3. The van der Waals surface area contributed by atoms with Crippen LogP contribution >= 0.6 is 0 Å². The minimum Gasteiger partial charge on any atom is -0.493 e. The maximum absolute atomic E-state index is 13.5. The van der Waals surface area contributed by atoms with Gasteiger partial charge in [0, 0.05) is 49.8 Å². The summed E-state index contributed by atoms with van der Waals surface area (Å²) in [5, 5.41) is 12.9. The molecular weight excluding hydrogens is 498 g/mol. The van der Waals surface area contributed by atoms with Gasteiger partial charge in [-0.15, -0.1) is 0 Å². The van der Waals surface area contributed by atoms with Gasteiger partial charge in [-0.25, -0.2) is 0 Å². The first-order chi connectivity index (χ1) is 18.9. The van der Waals surface area contributed by atoms with Crippen molar-refractivity contribution in [1.29, 1.82) is 0 Å². The van der Waals surface area contributed by atoms with Gasteiger partial charge < -0.3 is 25.4 Å². The maximum atomic E-state index is 13.5. The third-order valence-electron chi connectivity index (χ3n) is 8.05. The van der Waals surface area contributed by atoms with E-state index in [0.29, 0.717) is 62.6 Å². The Bertz CT molecular complexity index is 1440. The molecule has 1 fully saturated rings. The molecule has 0 saturated carbocycles. The Balaban J connectivity index is 1.21. The van der Waals surface area contributed by atoms with Crippen molar-refractivity contribution >= 4 is 29.1 Å². The quantitative estimate of drug-likeness (QED) is 0.433. The molecule has 10 heteroatoms. The molecular formula is C29H31N5O5. The van der Waals surface area contributed by atoms with Crippen molar-refractivity contribution < 1.29 is 23.9 Å². The summed E-state index contributed by atoms with van der Waals surface area (Å²) in [6.07, 6.45) is 4.64. The molecule has 3 N–H and O–H groups in total. The SMILES string of the molecule is Cn1nccc1C(=O)NC(CCc1cccc2c1CCO2)C(=O)Nc1ccc2c(c1)NC(=O)C21CCOCC1. The summed E-state index contributed by atoms with van der Waals surface area (Å²) >= 11 is 0. The van der Waals surface area contributed by atoms with Crippen molar-refractivity contribution in [2.75, 3.05) is 30.5 Å². The van der Waals surface area contributed by atoms with E-state index < -0.39 is 11.5 Å². The highest BCUT2D eigenvalue weighted by Crippen LogP contribution is 2.45. The number of benzene rings is 2. The van der Waals surface area contributed by atoms with Crippen LogP contribution in [0.3, 0.4) is 0 Å². The van der Waals surface area contributed by atoms with Crippen molar-refractivity contribution in [2.45, 2.75) is 43.6 Å². The number of nitrogens with zero attached hydrogens (tertiary/aromatic N) is 2. The lowest BCUT2D eigenvalue weighted by molar-refractivity contribution is -0.124. The van der Waals surface area contributed by atoms with Crippen molar-refractivity contribution in [2.24, 2.45) is 7.05 Å². The van der Waals surface area contributed by atoms with Crippen LogP contribution in [0.25, 0.3) is 0 Å². The van der Waals surface area contributed by atoms with Gasteiger partial charge in [-0.2, -0.15) is 5.10 Å². The average Bonchev–Trinajstić information content (AvgIpc) is 3.65. The van der Waals surface area contributed by atoms with E-state index in [-0.39, 0.29) is 17.7 Å². The molecule has 1 atom stereocenters. The second kappa shape index (κ2) is 10.2. The first kappa shape index (κ1) is 25.1. The number of hydrogen-bond donors (Lipinski definition) is 3. The first-order valence-electron chi connectivity index (χ1n) is 13.3. The normalized spacial score (nSPS) is 17.6. The van der Waals surface area contributed by atoms with Crippen LogP contribution in [0.15, 0.2) is 48.7 Å². The van der Waals surface area contributed by atoms with Gasteiger partial charge in [0.25, 0.3) is 5.91 Å². The molecule has 10 nitrogen and oxygen atoms in total. The standard InChI is InChI=1S/C29H31N5O5/c1-34-24(9-13-30-34)27(36)32-22(8-5-18-3-2-4-25-20(18)10-14-39-25)26(35)31-19-6-7-21-23(17-19)33-28(37)29(21)11-15-38-16-12-29/h2-4,6-7,9,13,17,22H,5,8,10-12,14-16H2,1H3,(H,31,35)(H,32,36)(H,33,37). The number of amides is 3. The predicted octanol–water partition coefficient (Wildman–Crippen LogP) is 2.73. The van der Waals surface area contributed by atoms with Gasteiger partial charge in [-0.1, -0.05) is 18.2 Å². The van der Waals surface area contributed by atoms with Gasteiger partial charge in [0.1, 0.15) is 17.5 Å². The number of fused-ring (bicyclic) bond motifs is 3. The van der Waals surface area contributed by atoms with Gasteiger partial charge in [0.05, 0.1) is 12.0 Å². The summed E-state index contributed by atoms with van der Waals surface area (Å²) in [4.78, 5) is 39.5. The number of rotatable bonds is 7. The summed E-state index contributed by atoms with van der Waals surface area (Å²) in [7, 11) is 1.68. The lowest BCUT2D eigenvalue weighted by Gasteiger charge is -2.31. The van der Waals surface area contributed by atoms with Gasteiger partial charge in [0.15, 0.2) is 0 Å². The summed E-state index contributed by atoms with van der Waals surface area (Å²) in [5.74, 6) is 0.152. The summed E-state index contributed by atoms with van der Waals surface area (Å²) in [5.41, 5.74) is 4.26. The number of ether oxygens (including phenoxy) is 2.